The van der Waals surface area contributed by atoms with Crippen molar-refractivity contribution in [3.05, 3.63) is 29.6 Å². The Morgan fingerprint density at radius 1 is 1.33 bits per heavy atom. The summed E-state index contributed by atoms with van der Waals surface area (Å²) in [6.07, 6.45) is 0. The molecule has 1 aliphatic heterocycles. The van der Waals surface area contributed by atoms with Crippen LogP contribution in [0.15, 0.2) is 18.2 Å². The molecule has 2 N–H and O–H groups in total. The van der Waals surface area contributed by atoms with Gasteiger partial charge in [-0.1, -0.05) is 12.1 Å². The SMILES string of the molecule is Oc1c(F)cccc1CNCCN1CCSCC1. The summed E-state index contributed by atoms with van der Waals surface area (Å²) in [7, 11) is 0. The number of phenols is 1. The summed E-state index contributed by atoms with van der Waals surface area (Å²) < 4.78 is 13.1. The fourth-order valence-electron chi connectivity index (χ4n) is 1.99. The molecule has 0 aliphatic carbocycles. The van der Waals surface area contributed by atoms with E-state index < -0.39 is 5.82 Å². The van der Waals surface area contributed by atoms with Gasteiger partial charge in [0, 0.05) is 49.8 Å². The monoisotopic (exact) mass is 270 g/mol. The van der Waals surface area contributed by atoms with E-state index >= 15 is 0 Å². The summed E-state index contributed by atoms with van der Waals surface area (Å²) >= 11 is 2.00. The fourth-order valence-corrected chi connectivity index (χ4v) is 2.97. The number of nitrogens with zero attached hydrogens (tertiary/aromatic N) is 1. The summed E-state index contributed by atoms with van der Waals surface area (Å²) in [6.45, 7) is 4.68. The number of aromatic hydroxyl groups is 1. The normalized spacial score (nSPS) is 16.9. The van der Waals surface area contributed by atoms with E-state index in [1.165, 1.54) is 17.6 Å². The van der Waals surface area contributed by atoms with Crippen LogP contribution in [0.4, 0.5) is 4.39 Å². The molecule has 0 saturated carbocycles. The highest BCUT2D eigenvalue weighted by molar-refractivity contribution is 7.99. The van der Waals surface area contributed by atoms with Gasteiger partial charge in [-0.05, 0) is 6.07 Å². The maximum absolute atomic E-state index is 13.1. The number of nitrogens with one attached hydrogen (secondary N) is 1. The molecule has 18 heavy (non-hydrogen) atoms. The number of thioether (sulfide) groups is 1. The molecule has 1 fully saturated rings. The molecule has 0 atom stereocenters. The lowest BCUT2D eigenvalue weighted by atomic mass is 10.2. The molecule has 0 radical (unpaired) electrons. The smallest absolute Gasteiger partial charge is 0.165 e. The Labute approximate surface area is 111 Å². The summed E-state index contributed by atoms with van der Waals surface area (Å²) in [5.74, 6) is 1.64. The Morgan fingerprint density at radius 3 is 2.89 bits per heavy atom. The van der Waals surface area contributed by atoms with Gasteiger partial charge in [-0.25, -0.2) is 4.39 Å². The zero-order valence-electron chi connectivity index (χ0n) is 10.4. The minimum absolute atomic E-state index is 0.237. The number of phenolic OH excluding ortho intramolecular Hbond substituents is 1. The van der Waals surface area contributed by atoms with Crippen molar-refractivity contribution < 1.29 is 9.50 Å². The van der Waals surface area contributed by atoms with Gasteiger partial charge in [0.05, 0.1) is 0 Å². The topological polar surface area (TPSA) is 35.5 Å². The van der Waals surface area contributed by atoms with E-state index in [0.717, 1.165) is 26.2 Å². The lowest BCUT2D eigenvalue weighted by molar-refractivity contribution is 0.300. The highest BCUT2D eigenvalue weighted by atomic mass is 32.2. The molecule has 0 bridgehead atoms. The molecule has 3 nitrogen and oxygen atoms in total. The summed E-state index contributed by atoms with van der Waals surface area (Å²) in [6, 6.07) is 4.63. The molecule has 0 spiro atoms. The number of benzene rings is 1. The lowest BCUT2D eigenvalue weighted by Crippen LogP contribution is -2.37. The first-order valence-electron chi connectivity index (χ1n) is 6.24. The minimum atomic E-state index is -0.553. The van der Waals surface area contributed by atoms with E-state index in [9.17, 15) is 9.50 Å². The van der Waals surface area contributed by atoms with Crippen LogP contribution in [0.1, 0.15) is 5.56 Å². The van der Waals surface area contributed by atoms with E-state index in [1.807, 2.05) is 11.8 Å². The van der Waals surface area contributed by atoms with Crippen molar-refractivity contribution in [1.82, 2.24) is 10.2 Å². The summed E-state index contributed by atoms with van der Waals surface area (Å²) in [5, 5.41) is 12.8. The Bertz CT molecular complexity index is 383. The van der Waals surface area contributed by atoms with Crippen LogP contribution >= 0.6 is 11.8 Å². The van der Waals surface area contributed by atoms with Crippen molar-refractivity contribution in [2.45, 2.75) is 6.54 Å². The van der Waals surface area contributed by atoms with Gasteiger partial charge >= 0.3 is 0 Å². The molecule has 100 valence electrons. The van der Waals surface area contributed by atoms with Gasteiger partial charge in [0.2, 0.25) is 0 Å². The number of para-hydroxylation sites is 1. The molecule has 2 rings (SSSR count). The summed E-state index contributed by atoms with van der Waals surface area (Å²) in [5.41, 5.74) is 0.615. The standard InChI is InChI=1S/C13H19FN2OS/c14-12-3-1-2-11(13(12)17)10-15-4-5-16-6-8-18-9-7-16/h1-3,15,17H,4-10H2. The highest BCUT2D eigenvalue weighted by Crippen LogP contribution is 2.20. The third kappa shape index (κ3) is 3.86. The van der Waals surface area contributed by atoms with E-state index in [-0.39, 0.29) is 5.75 Å². The molecular formula is C13H19FN2OS. The van der Waals surface area contributed by atoms with Gasteiger partial charge in [0.1, 0.15) is 0 Å². The predicted molar refractivity (Wildman–Crippen MR) is 73.5 cm³/mol. The Morgan fingerprint density at radius 2 is 2.11 bits per heavy atom. The average Bonchev–Trinajstić information content (AvgIpc) is 2.40. The Kier molecular flexibility index (Phi) is 5.28. The predicted octanol–water partition coefficient (Wildman–Crippen LogP) is 1.67. The minimum Gasteiger partial charge on any atom is -0.505 e. The summed E-state index contributed by atoms with van der Waals surface area (Å²) in [4.78, 5) is 2.43. The first-order valence-corrected chi connectivity index (χ1v) is 7.40. The van der Waals surface area contributed by atoms with Crippen molar-refractivity contribution in [2.24, 2.45) is 0 Å². The fraction of sp³-hybridized carbons (Fsp3) is 0.538. The maximum Gasteiger partial charge on any atom is 0.165 e. The van der Waals surface area contributed by atoms with Gasteiger partial charge in [0.25, 0.3) is 0 Å². The molecule has 1 saturated heterocycles. The third-order valence-corrected chi connectivity index (χ3v) is 4.04. The first kappa shape index (κ1) is 13.6. The maximum atomic E-state index is 13.1. The number of rotatable bonds is 5. The van der Waals surface area contributed by atoms with Gasteiger partial charge in [0.15, 0.2) is 11.6 Å². The number of hydrogen-bond donors (Lipinski definition) is 2. The first-order chi connectivity index (χ1) is 8.77. The second kappa shape index (κ2) is 6.97. The molecule has 1 heterocycles. The van der Waals surface area contributed by atoms with Crippen molar-refractivity contribution in [1.29, 1.82) is 0 Å². The van der Waals surface area contributed by atoms with Crippen LogP contribution in [0.25, 0.3) is 0 Å². The van der Waals surface area contributed by atoms with E-state index in [4.69, 9.17) is 0 Å². The zero-order valence-corrected chi connectivity index (χ0v) is 11.2. The lowest BCUT2D eigenvalue weighted by Gasteiger charge is -2.26. The van der Waals surface area contributed by atoms with Gasteiger partial charge in [-0.2, -0.15) is 11.8 Å². The van der Waals surface area contributed by atoms with Crippen molar-refractivity contribution in [3.63, 3.8) is 0 Å². The van der Waals surface area contributed by atoms with Crippen molar-refractivity contribution in [3.8, 4) is 5.75 Å². The Balaban J connectivity index is 1.70. The van der Waals surface area contributed by atoms with Crippen LogP contribution in [-0.2, 0) is 6.54 Å². The van der Waals surface area contributed by atoms with Crippen LogP contribution in [-0.4, -0.2) is 47.7 Å². The second-order valence-electron chi connectivity index (χ2n) is 4.38. The quantitative estimate of drug-likeness (QED) is 0.798. The largest absolute Gasteiger partial charge is 0.505 e. The van der Waals surface area contributed by atoms with Gasteiger partial charge in [-0.15, -0.1) is 0 Å². The second-order valence-corrected chi connectivity index (χ2v) is 5.60. The number of hydrogen-bond acceptors (Lipinski definition) is 4. The average molecular weight is 270 g/mol. The van der Waals surface area contributed by atoms with Crippen LogP contribution in [0.3, 0.4) is 0 Å². The van der Waals surface area contributed by atoms with Gasteiger partial charge in [-0.3, -0.25) is 0 Å². The Hall–Kier alpha value is -0.780. The van der Waals surface area contributed by atoms with Crippen LogP contribution in [0, 0.1) is 5.82 Å². The van der Waals surface area contributed by atoms with Crippen LogP contribution in [0.5, 0.6) is 5.75 Å². The number of halogens is 1. The molecule has 1 aromatic rings. The molecular weight excluding hydrogens is 251 g/mol. The molecule has 0 unspecified atom stereocenters. The van der Waals surface area contributed by atoms with Crippen molar-refractivity contribution >= 4 is 11.8 Å². The zero-order chi connectivity index (χ0) is 12.8. The molecule has 1 aromatic carbocycles. The third-order valence-electron chi connectivity index (χ3n) is 3.09. The molecule has 1 aliphatic rings. The molecule has 0 amide bonds. The molecule has 0 aromatic heterocycles. The highest BCUT2D eigenvalue weighted by Gasteiger charge is 2.10. The van der Waals surface area contributed by atoms with Crippen LogP contribution < -0.4 is 5.32 Å². The molecule has 5 heteroatoms. The van der Waals surface area contributed by atoms with Crippen molar-refractivity contribution in [2.75, 3.05) is 37.7 Å². The van der Waals surface area contributed by atoms with E-state index in [2.05, 4.69) is 10.2 Å². The van der Waals surface area contributed by atoms with Crippen LogP contribution in [0.2, 0.25) is 0 Å². The van der Waals surface area contributed by atoms with E-state index in [1.54, 1.807) is 12.1 Å². The van der Waals surface area contributed by atoms with E-state index in [0.29, 0.717) is 12.1 Å². The van der Waals surface area contributed by atoms with Gasteiger partial charge < -0.3 is 15.3 Å².